The quantitative estimate of drug-likeness (QED) is 0.331. The van der Waals surface area contributed by atoms with Crippen molar-refractivity contribution >= 4 is 34.5 Å². The van der Waals surface area contributed by atoms with Crippen LogP contribution >= 0.6 is 11.8 Å². The molecule has 1 aromatic carbocycles. The number of hydrogen-bond donors (Lipinski definition) is 3. The average molecular weight is 440 g/mol. The third-order valence-corrected chi connectivity index (χ3v) is 5.58. The van der Waals surface area contributed by atoms with Gasteiger partial charge in [-0.15, -0.1) is 0 Å². The van der Waals surface area contributed by atoms with Gasteiger partial charge in [-0.1, -0.05) is 30.5 Å². The minimum absolute atomic E-state index is 0.253. The summed E-state index contributed by atoms with van der Waals surface area (Å²) in [7, 11) is 0. The number of H-pyrrole nitrogens is 2. The molecule has 0 aliphatic carbocycles. The maximum absolute atomic E-state index is 11.6. The summed E-state index contributed by atoms with van der Waals surface area (Å²) in [6.07, 6.45) is 10.1. The molecular weight excluding hydrogens is 422 g/mol. The van der Waals surface area contributed by atoms with E-state index in [4.69, 9.17) is 4.98 Å². The van der Waals surface area contributed by atoms with E-state index in [1.807, 2.05) is 42.6 Å². The number of pyridine rings is 1. The normalized spacial score (nSPS) is 10.9. The van der Waals surface area contributed by atoms with Gasteiger partial charge >= 0.3 is 0 Å². The lowest BCUT2D eigenvalue weighted by atomic mass is 10.1. The van der Waals surface area contributed by atoms with Crippen LogP contribution in [-0.2, 0) is 4.79 Å². The summed E-state index contributed by atoms with van der Waals surface area (Å²) >= 11 is 1.47. The van der Waals surface area contributed by atoms with Crippen LogP contribution in [-0.4, -0.2) is 35.8 Å². The first kappa shape index (κ1) is 19.7. The molecule has 0 aliphatic rings. The van der Waals surface area contributed by atoms with Gasteiger partial charge in [0.15, 0.2) is 11.5 Å². The van der Waals surface area contributed by atoms with Gasteiger partial charge in [0.1, 0.15) is 16.2 Å². The van der Waals surface area contributed by atoms with Gasteiger partial charge in [-0.2, -0.15) is 0 Å². The second-order valence-corrected chi connectivity index (χ2v) is 7.89. The van der Waals surface area contributed by atoms with Crippen molar-refractivity contribution in [2.75, 3.05) is 5.32 Å². The fourth-order valence-electron chi connectivity index (χ4n) is 3.19. The molecule has 0 unspecified atom stereocenters. The van der Waals surface area contributed by atoms with E-state index in [0.29, 0.717) is 11.3 Å². The Morgan fingerprint density at radius 2 is 2.03 bits per heavy atom. The van der Waals surface area contributed by atoms with E-state index in [2.05, 4.69) is 36.8 Å². The fourth-order valence-corrected chi connectivity index (χ4v) is 4.01. The molecule has 8 nitrogen and oxygen atoms in total. The number of benzene rings is 1. The van der Waals surface area contributed by atoms with Crippen molar-refractivity contribution in [1.29, 1.82) is 0 Å². The molecule has 1 amide bonds. The van der Waals surface area contributed by atoms with E-state index in [9.17, 15) is 4.79 Å². The highest BCUT2D eigenvalue weighted by atomic mass is 32.2. The van der Waals surface area contributed by atoms with Crippen LogP contribution in [0.25, 0.3) is 33.8 Å². The van der Waals surface area contributed by atoms with Crippen molar-refractivity contribution in [1.82, 2.24) is 29.9 Å². The second-order valence-electron chi connectivity index (χ2n) is 6.80. The van der Waals surface area contributed by atoms with Crippen molar-refractivity contribution in [2.45, 2.75) is 9.92 Å². The molecule has 0 saturated heterocycles. The van der Waals surface area contributed by atoms with Gasteiger partial charge in [0, 0.05) is 46.5 Å². The summed E-state index contributed by atoms with van der Waals surface area (Å²) in [5.41, 5.74) is 4.77. The highest BCUT2D eigenvalue weighted by Crippen LogP contribution is 2.32. The Bertz CT molecular complexity index is 1410. The molecule has 156 valence electrons. The highest BCUT2D eigenvalue weighted by molar-refractivity contribution is 7.99. The minimum Gasteiger partial charge on any atom is -0.344 e. The molecule has 32 heavy (non-hydrogen) atoms. The standard InChI is InChI=1S/C23H17N7OS/c1-2-19(31)29-15-4-3-5-16(10-15)32-20-13-28-23-21(30-20)17(12-27-23)14-6-7-18(26-11-14)22-24-8-9-25-22/h2-13H,1H2,(H,24,25)(H,27,28)(H,29,31). The monoisotopic (exact) mass is 439 g/mol. The van der Waals surface area contributed by atoms with Crippen LogP contribution in [0.5, 0.6) is 0 Å². The largest absolute Gasteiger partial charge is 0.344 e. The number of nitrogens with zero attached hydrogens (tertiary/aromatic N) is 4. The summed E-state index contributed by atoms with van der Waals surface area (Å²) in [6.45, 7) is 3.47. The van der Waals surface area contributed by atoms with Crippen LogP contribution in [0.3, 0.4) is 0 Å². The Morgan fingerprint density at radius 3 is 2.81 bits per heavy atom. The zero-order valence-electron chi connectivity index (χ0n) is 16.7. The maximum Gasteiger partial charge on any atom is 0.247 e. The summed E-state index contributed by atoms with van der Waals surface area (Å²) in [4.78, 5) is 36.8. The number of fused-ring (bicyclic) bond motifs is 1. The van der Waals surface area contributed by atoms with Gasteiger partial charge in [-0.3, -0.25) is 9.78 Å². The van der Waals surface area contributed by atoms with Gasteiger partial charge in [0.2, 0.25) is 5.91 Å². The molecule has 3 N–H and O–H groups in total. The zero-order chi connectivity index (χ0) is 21.9. The lowest BCUT2D eigenvalue weighted by molar-refractivity contribution is -0.111. The van der Waals surface area contributed by atoms with E-state index in [1.165, 1.54) is 17.8 Å². The molecular formula is C23H17N7OS. The van der Waals surface area contributed by atoms with Crippen LogP contribution < -0.4 is 5.32 Å². The third-order valence-electron chi connectivity index (χ3n) is 4.68. The van der Waals surface area contributed by atoms with Gasteiger partial charge in [0.25, 0.3) is 0 Å². The topological polar surface area (TPSA) is 112 Å². The molecule has 0 spiro atoms. The van der Waals surface area contributed by atoms with Crippen LogP contribution in [0.1, 0.15) is 0 Å². The number of rotatable bonds is 6. The number of carbonyl (C=O) groups is 1. The second kappa shape index (κ2) is 8.48. The van der Waals surface area contributed by atoms with Crippen molar-refractivity contribution < 1.29 is 4.79 Å². The summed E-state index contributed by atoms with van der Waals surface area (Å²) < 4.78 is 0. The van der Waals surface area contributed by atoms with Crippen molar-refractivity contribution in [2.24, 2.45) is 0 Å². The maximum atomic E-state index is 11.6. The van der Waals surface area contributed by atoms with E-state index in [1.54, 1.807) is 24.8 Å². The zero-order valence-corrected chi connectivity index (χ0v) is 17.6. The molecule has 0 radical (unpaired) electrons. The highest BCUT2D eigenvalue weighted by Gasteiger charge is 2.12. The molecule has 0 saturated carbocycles. The van der Waals surface area contributed by atoms with Gasteiger partial charge < -0.3 is 15.3 Å². The number of aromatic amines is 2. The number of nitrogens with one attached hydrogen (secondary N) is 3. The SMILES string of the molecule is C=CC(=O)Nc1cccc(Sc2cnc3[nH]cc(-c4ccc(-c5ncc[nH]5)nc4)c3n2)c1. The molecule has 5 aromatic rings. The molecule has 4 heterocycles. The smallest absolute Gasteiger partial charge is 0.247 e. The van der Waals surface area contributed by atoms with Gasteiger partial charge in [-0.25, -0.2) is 15.0 Å². The third kappa shape index (κ3) is 4.01. The van der Waals surface area contributed by atoms with E-state index in [-0.39, 0.29) is 5.91 Å². The van der Waals surface area contributed by atoms with Crippen LogP contribution in [0, 0.1) is 0 Å². The van der Waals surface area contributed by atoms with Gasteiger partial charge in [-0.05, 0) is 30.3 Å². The predicted molar refractivity (Wildman–Crippen MR) is 124 cm³/mol. The van der Waals surface area contributed by atoms with E-state index < -0.39 is 0 Å². The summed E-state index contributed by atoms with van der Waals surface area (Å²) in [5, 5.41) is 3.50. The molecule has 0 atom stereocenters. The summed E-state index contributed by atoms with van der Waals surface area (Å²) in [5.74, 6) is 0.470. The lowest BCUT2D eigenvalue weighted by Crippen LogP contribution is -2.06. The Labute approximate surface area is 187 Å². The van der Waals surface area contributed by atoms with Crippen LogP contribution in [0.15, 0.2) is 90.0 Å². The number of anilines is 1. The molecule has 9 heteroatoms. The first-order valence-corrected chi connectivity index (χ1v) is 10.5. The Balaban J connectivity index is 1.42. The Morgan fingerprint density at radius 1 is 1.09 bits per heavy atom. The van der Waals surface area contributed by atoms with E-state index >= 15 is 0 Å². The molecule has 0 aliphatic heterocycles. The minimum atomic E-state index is -0.253. The lowest BCUT2D eigenvalue weighted by Gasteiger charge is -2.06. The molecule has 0 bridgehead atoms. The number of amides is 1. The van der Waals surface area contributed by atoms with E-state index in [0.717, 1.165) is 38.1 Å². The number of carbonyl (C=O) groups excluding carboxylic acids is 1. The van der Waals surface area contributed by atoms with Crippen LogP contribution in [0.4, 0.5) is 5.69 Å². The Hall–Kier alpha value is -4.24. The predicted octanol–water partition coefficient (Wildman–Crippen LogP) is 4.69. The van der Waals surface area contributed by atoms with Crippen molar-refractivity contribution in [3.05, 3.63) is 80.0 Å². The average Bonchev–Trinajstić information content (AvgIpc) is 3.50. The summed E-state index contributed by atoms with van der Waals surface area (Å²) in [6, 6.07) is 11.4. The Kier molecular flexibility index (Phi) is 5.22. The van der Waals surface area contributed by atoms with Crippen molar-refractivity contribution in [3.8, 4) is 22.6 Å². The molecule has 4 aromatic heterocycles. The van der Waals surface area contributed by atoms with Gasteiger partial charge in [0.05, 0.1) is 6.20 Å². The van der Waals surface area contributed by atoms with Crippen molar-refractivity contribution in [3.63, 3.8) is 0 Å². The van der Waals surface area contributed by atoms with Crippen LogP contribution in [0.2, 0.25) is 0 Å². The first-order chi connectivity index (χ1) is 15.7. The molecule has 5 rings (SSSR count). The number of aromatic nitrogens is 6. The molecule has 0 fully saturated rings. The fraction of sp³-hybridized carbons (Fsp3) is 0. The first-order valence-electron chi connectivity index (χ1n) is 9.71. The number of imidazole rings is 1. The number of hydrogen-bond acceptors (Lipinski definition) is 6.